The summed E-state index contributed by atoms with van der Waals surface area (Å²) in [6.45, 7) is 0. The first-order valence-electron chi connectivity index (χ1n) is 4.46. The van der Waals surface area contributed by atoms with Crippen molar-refractivity contribution in [1.82, 2.24) is 4.98 Å². The van der Waals surface area contributed by atoms with E-state index in [1.165, 1.54) is 11.3 Å². The summed E-state index contributed by atoms with van der Waals surface area (Å²) in [5.74, 6) is -0.0795. The molecule has 0 fully saturated rings. The standard InChI is InChI=1S/C10H9NO3S/c12-9(13)4-3-7-6-15-10(11-7)8-2-1-5-14-8/h1-2,5-6H,3-4H2,(H,12,13). The normalized spacial score (nSPS) is 10.4. The third kappa shape index (κ3) is 2.44. The molecule has 4 nitrogen and oxygen atoms in total. The van der Waals surface area contributed by atoms with Crippen LogP contribution in [0.2, 0.25) is 0 Å². The van der Waals surface area contributed by atoms with Crippen molar-refractivity contribution >= 4 is 17.3 Å². The average Bonchev–Trinajstić information content (AvgIpc) is 2.85. The predicted molar refractivity (Wildman–Crippen MR) is 55.8 cm³/mol. The van der Waals surface area contributed by atoms with Crippen molar-refractivity contribution in [3.63, 3.8) is 0 Å². The highest BCUT2D eigenvalue weighted by Gasteiger charge is 2.07. The number of thiazole rings is 1. The van der Waals surface area contributed by atoms with Crippen LogP contribution in [-0.4, -0.2) is 16.1 Å². The molecule has 0 unspecified atom stereocenters. The Kier molecular flexibility index (Phi) is 2.82. The van der Waals surface area contributed by atoms with Gasteiger partial charge in [0.05, 0.1) is 18.4 Å². The van der Waals surface area contributed by atoms with Gasteiger partial charge in [-0.05, 0) is 12.1 Å². The van der Waals surface area contributed by atoms with E-state index in [1.54, 1.807) is 12.3 Å². The molecule has 0 aliphatic carbocycles. The lowest BCUT2D eigenvalue weighted by Gasteiger charge is -1.90. The summed E-state index contributed by atoms with van der Waals surface area (Å²) in [4.78, 5) is 14.7. The quantitative estimate of drug-likeness (QED) is 0.864. The minimum absolute atomic E-state index is 0.112. The van der Waals surface area contributed by atoms with Crippen LogP contribution in [-0.2, 0) is 11.2 Å². The minimum Gasteiger partial charge on any atom is -0.481 e. The van der Waals surface area contributed by atoms with Gasteiger partial charge in [0.25, 0.3) is 0 Å². The van der Waals surface area contributed by atoms with E-state index in [2.05, 4.69) is 4.98 Å². The molecule has 0 amide bonds. The maximum absolute atomic E-state index is 10.4. The molecule has 2 aromatic rings. The number of aromatic nitrogens is 1. The Morgan fingerprint density at radius 2 is 2.47 bits per heavy atom. The molecule has 0 aliphatic heterocycles. The van der Waals surface area contributed by atoms with Crippen LogP contribution in [0.1, 0.15) is 12.1 Å². The van der Waals surface area contributed by atoms with Gasteiger partial charge in [-0.2, -0.15) is 0 Å². The Labute approximate surface area is 90.2 Å². The van der Waals surface area contributed by atoms with Gasteiger partial charge in [-0.3, -0.25) is 4.79 Å². The molecule has 0 bridgehead atoms. The van der Waals surface area contributed by atoms with Gasteiger partial charge in [0.2, 0.25) is 0 Å². The van der Waals surface area contributed by atoms with E-state index in [0.717, 1.165) is 16.5 Å². The lowest BCUT2D eigenvalue weighted by atomic mass is 10.2. The Morgan fingerprint density at radius 1 is 1.60 bits per heavy atom. The summed E-state index contributed by atoms with van der Waals surface area (Å²) in [6.07, 6.45) is 2.17. The van der Waals surface area contributed by atoms with Gasteiger partial charge < -0.3 is 9.52 Å². The topological polar surface area (TPSA) is 63.3 Å². The van der Waals surface area contributed by atoms with Crippen molar-refractivity contribution in [3.05, 3.63) is 29.5 Å². The van der Waals surface area contributed by atoms with Crippen LogP contribution in [0.15, 0.2) is 28.2 Å². The van der Waals surface area contributed by atoms with Crippen LogP contribution in [0.3, 0.4) is 0 Å². The maximum atomic E-state index is 10.4. The number of nitrogens with zero attached hydrogens (tertiary/aromatic N) is 1. The van der Waals surface area contributed by atoms with E-state index in [9.17, 15) is 4.79 Å². The number of carbonyl (C=O) groups is 1. The largest absolute Gasteiger partial charge is 0.481 e. The molecule has 0 atom stereocenters. The summed E-state index contributed by atoms with van der Waals surface area (Å²) >= 11 is 1.46. The van der Waals surface area contributed by atoms with Crippen molar-refractivity contribution < 1.29 is 14.3 Å². The number of carboxylic acids is 1. The first-order valence-corrected chi connectivity index (χ1v) is 5.34. The number of hydrogen-bond donors (Lipinski definition) is 1. The molecule has 0 saturated heterocycles. The van der Waals surface area contributed by atoms with E-state index in [1.807, 2.05) is 11.4 Å². The zero-order chi connectivity index (χ0) is 10.7. The van der Waals surface area contributed by atoms with Gasteiger partial charge in [-0.1, -0.05) is 0 Å². The fourth-order valence-corrected chi connectivity index (χ4v) is 1.99. The number of hydrogen-bond acceptors (Lipinski definition) is 4. The molecule has 0 spiro atoms. The third-order valence-corrected chi connectivity index (χ3v) is 2.78. The highest BCUT2D eigenvalue weighted by molar-refractivity contribution is 7.13. The van der Waals surface area contributed by atoms with Gasteiger partial charge in [-0.15, -0.1) is 11.3 Å². The molecule has 0 aliphatic rings. The summed E-state index contributed by atoms with van der Waals surface area (Å²) < 4.78 is 5.19. The van der Waals surface area contributed by atoms with Gasteiger partial charge in [0.1, 0.15) is 0 Å². The lowest BCUT2D eigenvalue weighted by molar-refractivity contribution is -0.136. The summed E-state index contributed by atoms with van der Waals surface area (Å²) in [7, 11) is 0. The first kappa shape index (κ1) is 9.92. The zero-order valence-corrected chi connectivity index (χ0v) is 8.66. The number of rotatable bonds is 4. The molecule has 2 aromatic heterocycles. The molecular formula is C10H9NO3S. The van der Waals surface area contributed by atoms with Crippen molar-refractivity contribution in [2.24, 2.45) is 0 Å². The molecule has 0 aromatic carbocycles. The molecule has 2 rings (SSSR count). The average molecular weight is 223 g/mol. The highest BCUT2D eigenvalue weighted by Crippen LogP contribution is 2.24. The van der Waals surface area contributed by atoms with Gasteiger partial charge in [-0.25, -0.2) is 4.98 Å². The Bertz CT molecular complexity index is 447. The summed E-state index contributed by atoms with van der Waals surface area (Å²) in [5, 5.41) is 11.2. The number of aliphatic carboxylic acids is 1. The third-order valence-electron chi connectivity index (χ3n) is 1.88. The van der Waals surface area contributed by atoms with Crippen LogP contribution in [0.4, 0.5) is 0 Å². The summed E-state index contributed by atoms with van der Waals surface area (Å²) in [6, 6.07) is 3.63. The Morgan fingerprint density at radius 3 is 3.13 bits per heavy atom. The SMILES string of the molecule is O=C(O)CCc1csc(-c2ccco2)n1. The Hall–Kier alpha value is -1.62. The predicted octanol–water partition coefficient (Wildman–Crippen LogP) is 2.42. The van der Waals surface area contributed by atoms with Crippen LogP contribution in [0.25, 0.3) is 10.8 Å². The van der Waals surface area contributed by atoms with Gasteiger partial charge in [0, 0.05) is 11.8 Å². The molecule has 5 heteroatoms. The van der Waals surface area contributed by atoms with Gasteiger partial charge in [0.15, 0.2) is 10.8 Å². The molecule has 1 N–H and O–H groups in total. The zero-order valence-electron chi connectivity index (χ0n) is 7.84. The lowest BCUT2D eigenvalue weighted by Crippen LogP contribution is -1.97. The second-order valence-corrected chi connectivity index (χ2v) is 3.87. The van der Waals surface area contributed by atoms with Crippen molar-refractivity contribution in [2.75, 3.05) is 0 Å². The van der Waals surface area contributed by atoms with Crippen LogP contribution in [0, 0.1) is 0 Å². The fourth-order valence-electron chi connectivity index (χ4n) is 1.17. The molecular weight excluding hydrogens is 214 g/mol. The first-order chi connectivity index (χ1) is 7.25. The van der Waals surface area contributed by atoms with Crippen molar-refractivity contribution in [2.45, 2.75) is 12.8 Å². The monoisotopic (exact) mass is 223 g/mol. The van der Waals surface area contributed by atoms with Crippen LogP contribution >= 0.6 is 11.3 Å². The number of carboxylic acid groups (broad SMARTS) is 1. The van der Waals surface area contributed by atoms with Crippen molar-refractivity contribution in [1.29, 1.82) is 0 Å². The van der Waals surface area contributed by atoms with E-state index < -0.39 is 5.97 Å². The van der Waals surface area contributed by atoms with E-state index in [0.29, 0.717) is 6.42 Å². The van der Waals surface area contributed by atoms with Crippen LogP contribution in [0.5, 0.6) is 0 Å². The summed E-state index contributed by atoms with van der Waals surface area (Å²) in [5.41, 5.74) is 0.800. The van der Waals surface area contributed by atoms with E-state index in [-0.39, 0.29) is 6.42 Å². The molecule has 15 heavy (non-hydrogen) atoms. The second kappa shape index (κ2) is 4.27. The maximum Gasteiger partial charge on any atom is 0.303 e. The highest BCUT2D eigenvalue weighted by atomic mass is 32.1. The molecule has 0 saturated carbocycles. The van der Waals surface area contributed by atoms with Crippen LogP contribution < -0.4 is 0 Å². The Balaban J connectivity index is 2.08. The number of aryl methyl sites for hydroxylation is 1. The van der Waals surface area contributed by atoms with E-state index >= 15 is 0 Å². The minimum atomic E-state index is -0.803. The molecule has 2 heterocycles. The van der Waals surface area contributed by atoms with Crippen molar-refractivity contribution in [3.8, 4) is 10.8 Å². The van der Waals surface area contributed by atoms with E-state index in [4.69, 9.17) is 9.52 Å². The molecule has 78 valence electrons. The second-order valence-electron chi connectivity index (χ2n) is 3.02. The smallest absolute Gasteiger partial charge is 0.303 e. The number of furan rings is 1. The molecule has 0 radical (unpaired) electrons. The van der Waals surface area contributed by atoms with Gasteiger partial charge >= 0.3 is 5.97 Å². The fraction of sp³-hybridized carbons (Fsp3) is 0.200.